The number of benzene rings is 1. The highest BCUT2D eigenvalue weighted by Gasteiger charge is 2.47. The predicted molar refractivity (Wildman–Crippen MR) is 143 cm³/mol. The van der Waals surface area contributed by atoms with E-state index in [1.807, 2.05) is 6.92 Å². The molecule has 0 bridgehead atoms. The Morgan fingerprint density at radius 1 is 1.19 bits per heavy atom. The molecule has 1 saturated carbocycles. The molecule has 0 spiro atoms. The molecule has 7 heteroatoms. The Labute approximate surface area is 220 Å². The topological polar surface area (TPSA) is 119 Å². The number of hydrogen-bond acceptors (Lipinski definition) is 7. The number of carbonyl (C=O) groups excluding carboxylic acids is 2. The van der Waals surface area contributed by atoms with E-state index < -0.39 is 35.6 Å². The molecule has 2 unspecified atom stereocenters. The van der Waals surface area contributed by atoms with Crippen LogP contribution in [0.25, 0.3) is 0 Å². The molecule has 37 heavy (non-hydrogen) atoms. The molecule has 1 aliphatic heterocycles. The average Bonchev–Trinajstić information content (AvgIpc) is 3.58. The van der Waals surface area contributed by atoms with Crippen LogP contribution in [0.4, 0.5) is 5.69 Å². The number of ketones is 1. The zero-order valence-corrected chi connectivity index (χ0v) is 23.0. The number of anilines is 1. The fourth-order valence-corrected chi connectivity index (χ4v) is 5.49. The lowest BCUT2D eigenvalue weighted by Gasteiger charge is -2.34. The number of cyclic esters (lactones) is 1. The van der Waals surface area contributed by atoms with Gasteiger partial charge in [0.15, 0.2) is 0 Å². The number of nitrogen functional groups attached to an aromatic ring is 1. The molecule has 0 amide bonds. The number of carbonyl (C=O) groups is 2. The molecule has 0 aromatic heterocycles. The zero-order chi connectivity index (χ0) is 27.7. The van der Waals surface area contributed by atoms with Crippen LogP contribution >= 0.6 is 0 Å². The van der Waals surface area contributed by atoms with Crippen molar-refractivity contribution in [2.45, 2.75) is 85.5 Å². The fourth-order valence-electron chi connectivity index (χ4n) is 5.49. The van der Waals surface area contributed by atoms with Crippen molar-refractivity contribution in [1.29, 1.82) is 0 Å². The van der Waals surface area contributed by atoms with Gasteiger partial charge in [0.05, 0.1) is 35.5 Å². The Morgan fingerprint density at radius 2 is 1.86 bits per heavy atom. The lowest BCUT2D eigenvalue weighted by Crippen LogP contribution is -2.45. The minimum atomic E-state index is -1.26. The van der Waals surface area contributed by atoms with Crippen molar-refractivity contribution in [1.82, 2.24) is 0 Å². The number of nitrogens with two attached hydrogens (primary N) is 1. The molecular weight excluding hydrogens is 470 g/mol. The summed E-state index contributed by atoms with van der Waals surface area (Å²) in [6, 6.07) is 5.26. The Hall–Kier alpha value is -2.64. The molecule has 7 nitrogen and oxygen atoms in total. The van der Waals surface area contributed by atoms with Crippen LogP contribution < -0.4 is 10.5 Å². The van der Waals surface area contributed by atoms with E-state index in [0.29, 0.717) is 41.0 Å². The Kier molecular flexibility index (Phi) is 8.91. The van der Waals surface area contributed by atoms with E-state index >= 15 is 0 Å². The fraction of sp³-hybridized carbons (Fsp3) is 0.600. The molecule has 4 N–H and O–H groups in total. The summed E-state index contributed by atoms with van der Waals surface area (Å²) in [5, 5.41) is 21.9. The number of rotatable bonds is 3. The van der Waals surface area contributed by atoms with E-state index in [9.17, 15) is 19.8 Å². The molecule has 1 fully saturated rings. The SMILES string of the molecule is C=C(C)Oc1ccc([C@@H]2C/C=C(/C)CC3CC3[C@H](C)[C@H](O)[C@@H](C)C(=O)C(C)(C)[C@@H](O)CC(=O)O2)cc1N. The normalized spacial score (nSPS) is 34.5. The lowest BCUT2D eigenvalue weighted by atomic mass is 9.72. The van der Waals surface area contributed by atoms with Gasteiger partial charge in [0.2, 0.25) is 0 Å². The molecule has 204 valence electrons. The predicted octanol–water partition coefficient (Wildman–Crippen LogP) is 5.12. The van der Waals surface area contributed by atoms with Crippen molar-refractivity contribution >= 4 is 17.4 Å². The van der Waals surface area contributed by atoms with Crippen LogP contribution in [0, 0.1) is 29.1 Å². The van der Waals surface area contributed by atoms with Crippen LogP contribution in [-0.2, 0) is 14.3 Å². The summed E-state index contributed by atoms with van der Waals surface area (Å²) in [6.07, 6.45) is 1.42. The molecule has 1 heterocycles. The van der Waals surface area contributed by atoms with Crippen molar-refractivity contribution < 1.29 is 29.3 Å². The van der Waals surface area contributed by atoms with Crippen LogP contribution in [-0.4, -0.2) is 34.2 Å². The molecule has 3 rings (SSSR count). The molecule has 0 saturated heterocycles. The smallest absolute Gasteiger partial charge is 0.309 e. The molecule has 1 aromatic rings. The first-order valence-corrected chi connectivity index (χ1v) is 13.2. The Bertz CT molecular complexity index is 1060. The number of ether oxygens (including phenoxy) is 2. The second-order valence-corrected chi connectivity index (χ2v) is 11.7. The van der Waals surface area contributed by atoms with Gasteiger partial charge in [-0.3, -0.25) is 9.59 Å². The van der Waals surface area contributed by atoms with E-state index in [1.165, 1.54) is 5.57 Å². The summed E-state index contributed by atoms with van der Waals surface area (Å²) in [6.45, 7) is 14.5. The Morgan fingerprint density at radius 3 is 2.49 bits per heavy atom. The summed E-state index contributed by atoms with van der Waals surface area (Å²) in [5.41, 5.74) is 7.27. The molecule has 1 aromatic carbocycles. The average molecular weight is 514 g/mol. The highest BCUT2D eigenvalue weighted by atomic mass is 16.5. The van der Waals surface area contributed by atoms with Crippen LogP contribution in [0.15, 0.2) is 42.2 Å². The third-order valence-corrected chi connectivity index (χ3v) is 8.17. The molecule has 2 aliphatic rings. The number of esters is 1. The highest BCUT2D eigenvalue weighted by molar-refractivity contribution is 5.88. The maximum Gasteiger partial charge on any atom is 0.309 e. The van der Waals surface area contributed by atoms with Crippen LogP contribution in [0.1, 0.15) is 78.9 Å². The standard InChI is InChI=1S/C30H43NO6/c1-16(2)36-25-11-9-20(14-23(25)31)24-10-8-17(3)12-21-13-22(21)18(4)28(34)19(5)29(35)30(6,7)26(32)15-27(33)37-24/h8-9,11,14,18-19,21-22,24,26,28,32,34H,1,10,12-13,15,31H2,2-7H3/b17-8-/t18-,19+,21?,22?,24-,26-,28-/m0/s1. The summed E-state index contributed by atoms with van der Waals surface area (Å²) >= 11 is 0. The van der Waals surface area contributed by atoms with Gasteiger partial charge in [0.25, 0.3) is 0 Å². The minimum absolute atomic E-state index is 0.0294. The first-order valence-electron chi connectivity index (χ1n) is 13.2. The number of Topliss-reactive ketones (excluding diaryl/α,β-unsaturated/α-hetero) is 1. The maximum absolute atomic E-state index is 13.3. The largest absolute Gasteiger partial charge is 0.460 e. The van der Waals surface area contributed by atoms with Gasteiger partial charge in [-0.15, -0.1) is 0 Å². The van der Waals surface area contributed by atoms with Crippen LogP contribution in [0.5, 0.6) is 5.75 Å². The number of fused-ring (bicyclic) bond motifs is 1. The van der Waals surface area contributed by atoms with Gasteiger partial charge >= 0.3 is 5.97 Å². The quantitative estimate of drug-likeness (QED) is 0.222. The van der Waals surface area contributed by atoms with Crippen LogP contribution in [0.3, 0.4) is 0 Å². The van der Waals surface area contributed by atoms with Gasteiger partial charge in [-0.2, -0.15) is 0 Å². The number of aliphatic hydroxyl groups excluding tert-OH is 2. The van der Waals surface area contributed by atoms with E-state index in [2.05, 4.69) is 19.6 Å². The summed E-state index contributed by atoms with van der Waals surface area (Å²) in [7, 11) is 0. The molecule has 1 aliphatic carbocycles. The third-order valence-electron chi connectivity index (χ3n) is 8.17. The number of allylic oxidation sites excluding steroid dienone is 2. The third kappa shape index (κ3) is 6.82. The first-order chi connectivity index (χ1) is 17.2. The summed E-state index contributed by atoms with van der Waals surface area (Å²) in [5.74, 6) is 0.230. The lowest BCUT2D eigenvalue weighted by molar-refractivity contribution is -0.155. The maximum atomic E-state index is 13.3. The zero-order valence-electron chi connectivity index (χ0n) is 23.0. The summed E-state index contributed by atoms with van der Waals surface area (Å²) < 4.78 is 11.4. The van der Waals surface area contributed by atoms with Crippen molar-refractivity contribution in [3.05, 3.63) is 47.7 Å². The molecule has 7 atom stereocenters. The van der Waals surface area contributed by atoms with Gasteiger partial charge in [-0.25, -0.2) is 0 Å². The van der Waals surface area contributed by atoms with Gasteiger partial charge < -0.3 is 25.4 Å². The first kappa shape index (κ1) is 28.9. The van der Waals surface area contributed by atoms with Crippen molar-refractivity contribution in [2.24, 2.45) is 29.1 Å². The number of hydrogen-bond donors (Lipinski definition) is 3. The van der Waals surface area contributed by atoms with E-state index in [-0.39, 0.29) is 18.1 Å². The van der Waals surface area contributed by atoms with Gasteiger partial charge in [-0.1, -0.05) is 52.0 Å². The van der Waals surface area contributed by atoms with Crippen molar-refractivity contribution in [3.63, 3.8) is 0 Å². The Balaban J connectivity index is 1.92. The number of aliphatic hydroxyl groups is 2. The molecular formula is C30H43NO6. The molecule has 0 radical (unpaired) electrons. The summed E-state index contributed by atoms with van der Waals surface area (Å²) in [4.78, 5) is 26.3. The second kappa shape index (κ2) is 11.4. The second-order valence-electron chi connectivity index (χ2n) is 11.7. The van der Waals surface area contributed by atoms with E-state index in [0.717, 1.165) is 12.8 Å². The van der Waals surface area contributed by atoms with Gasteiger partial charge in [-0.05, 0) is 62.1 Å². The van der Waals surface area contributed by atoms with Gasteiger partial charge in [0, 0.05) is 12.3 Å². The highest BCUT2D eigenvalue weighted by Crippen LogP contribution is 2.50. The monoisotopic (exact) mass is 513 g/mol. The minimum Gasteiger partial charge on any atom is -0.460 e. The van der Waals surface area contributed by atoms with Gasteiger partial charge in [0.1, 0.15) is 17.6 Å². The van der Waals surface area contributed by atoms with Crippen LogP contribution in [0.2, 0.25) is 0 Å². The van der Waals surface area contributed by atoms with Crippen molar-refractivity contribution in [2.75, 3.05) is 5.73 Å². The van der Waals surface area contributed by atoms with E-state index in [4.69, 9.17) is 15.2 Å². The van der Waals surface area contributed by atoms with E-state index in [1.54, 1.807) is 45.9 Å². The van der Waals surface area contributed by atoms with Crippen molar-refractivity contribution in [3.8, 4) is 5.75 Å².